The van der Waals surface area contributed by atoms with Crippen LogP contribution in [0.25, 0.3) is 11.7 Å². The number of nitrogens with zero attached hydrogens (tertiary/aromatic N) is 1. The van der Waals surface area contributed by atoms with Gasteiger partial charge in [0, 0.05) is 11.0 Å². The van der Waals surface area contributed by atoms with E-state index in [1.165, 1.54) is 7.11 Å². The van der Waals surface area contributed by atoms with Crippen LogP contribution in [-0.4, -0.2) is 23.3 Å². The van der Waals surface area contributed by atoms with Gasteiger partial charge in [-0.1, -0.05) is 6.92 Å². The molecule has 108 valence electrons. The van der Waals surface area contributed by atoms with Gasteiger partial charge in [0.15, 0.2) is 5.76 Å². The number of carbonyl (C=O) groups is 1. The minimum atomic E-state index is -0.196. The summed E-state index contributed by atoms with van der Waals surface area (Å²) in [4.78, 5) is 15.6. The lowest BCUT2D eigenvalue weighted by atomic mass is 10.3. The second-order valence-electron chi connectivity index (χ2n) is 4.40. The van der Waals surface area contributed by atoms with Crippen LogP contribution in [0.2, 0.25) is 0 Å². The van der Waals surface area contributed by atoms with E-state index < -0.39 is 0 Å². The van der Waals surface area contributed by atoms with E-state index in [2.05, 4.69) is 9.72 Å². The van der Waals surface area contributed by atoms with Crippen LogP contribution in [0.4, 0.5) is 0 Å². The number of aromatic nitrogens is 1. The Hall–Kier alpha value is -1.69. The first-order valence-corrected chi connectivity index (χ1v) is 7.33. The van der Waals surface area contributed by atoms with Crippen LogP contribution in [0.15, 0.2) is 27.2 Å². The van der Waals surface area contributed by atoms with E-state index in [0.717, 1.165) is 11.5 Å². The van der Waals surface area contributed by atoms with Gasteiger partial charge in [-0.15, -0.1) is 0 Å². The highest BCUT2D eigenvalue weighted by Crippen LogP contribution is 2.26. The third-order valence-corrected chi connectivity index (χ3v) is 3.99. The van der Waals surface area contributed by atoms with Gasteiger partial charge < -0.3 is 13.6 Å². The standard InChI is InChI=1S/C14H17NO4S/c1-9(7-13(16)17-3)20-8-11-10(2)19-14(15-11)12-5-4-6-18-12/h4-6,9H,7-8H2,1-3H3. The van der Waals surface area contributed by atoms with Gasteiger partial charge in [-0.2, -0.15) is 11.8 Å². The zero-order chi connectivity index (χ0) is 14.5. The van der Waals surface area contributed by atoms with E-state index in [9.17, 15) is 4.79 Å². The van der Waals surface area contributed by atoms with Crippen LogP contribution < -0.4 is 0 Å². The third kappa shape index (κ3) is 3.66. The lowest BCUT2D eigenvalue weighted by molar-refractivity contribution is -0.140. The van der Waals surface area contributed by atoms with Gasteiger partial charge in [0.25, 0.3) is 5.89 Å². The number of esters is 1. The quantitative estimate of drug-likeness (QED) is 0.761. The van der Waals surface area contributed by atoms with E-state index in [4.69, 9.17) is 8.83 Å². The van der Waals surface area contributed by atoms with Gasteiger partial charge >= 0.3 is 5.97 Å². The third-order valence-electron chi connectivity index (χ3n) is 2.81. The largest absolute Gasteiger partial charge is 0.469 e. The van der Waals surface area contributed by atoms with Crippen LogP contribution in [0.3, 0.4) is 0 Å². The zero-order valence-electron chi connectivity index (χ0n) is 11.7. The summed E-state index contributed by atoms with van der Waals surface area (Å²) in [5.74, 6) is 2.37. The molecule has 5 nitrogen and oxygen atoms in total. The first-order chi connectivity index (χ1) is 9.60. The number of ether oxygens (including phenoxy) is 1. The van der Waals surface area contributed by atoms with Gasteiger partial charge in [0.1, 0.15) is 5.76 Å². The molecule has 0 saturated carbocycles. The molecular weight excluding hydrogens is 278 g/mol. The summed E-state index contributed by atoms with van der Waals surface area (Å²) in [7, 11) is 1.40. The van der Waals surface area contributed by atoms with Crippen molar-refractivity contribution in [2.24, 2.45) is 0 Å². The van der Waals surface area contributed by atoms with E-state index >= 15 is 0 Å². The van der Waals surface area contributed by atoms with Crippen molar-refractivity contribution in [2.75, 3.05) is 7.11 Å². The predicted molar refractivity (Wildman–Crippen MR) is 76.3 cm³/mol. The Labute approximate surface area is 121 Å². The Morgan fingerprint density at radius 3 is 3.00 bits per heavy atom. The number of hydrogen-bond donors (Lipinski definition) is 0. The Morgan fingerprint density at radius 2 is 2.35 bits per heavy atom. The topological polar surface area (TPSA) is 65.5 Å². The summed E-state index contributed by atoms with van der Waals surface area (Å²) >= 11 is 1.64. The summed E-state index contributed by atoms with van der Waals surface area (Å²) in [6.07, 6.45) is 1.98. The molecule has 0 spiro atoms. The van der Waals surface area contributed by atoms with E-state index in [-0.39, 0.29) is 11.2 Å². The number of oxazole rings is 1. The number of carbonyl (C=O) groups excluding carboxylic acids is 1. The van der Waals surface area contributed by atoms with Gasteiger partial charge in [0.2, 0.25) is 0 Å². The minimum Gasteiger partial charge on any atom is -0.469 e. The highest BCUT2D eigenvalue weighted by Gasteiger charge is 2.15. The van der Waals surface area contributed by atoms with Gasteiger partial charge in [-0.05, 0) is 19.1 Å². The molecule has 0 aliphatic heterocycles. The molecular formula is C14H17NO4S. The number of aryl methyl sites for hydroxylation is 1. The smallest absolute Gasteiger partial charge is 0.306 e. The SMILES string of the molecule is COC(=O)CC(C)SCc1nc(-c2ccco2)oc1C. The van der Waals surface area contributed by atoms with E-state index in [0.29, 0.717) is 23.8 Å². The maximum Gasteiger partial charge on any atom is 0.306 e. The summed E-state index contributed by atoms with van der Waals surface area (Å²) in [6.45, 7) is 3.87. The Balaban J connectivity index is 1.95. The highest BCUT2D eigenvalue weighted by molar-refractivity contribution is 7.99. The molecule has 2 aromatic heterocycles. The fourth-order valence-electron chi connectivity index (χ4n) is 1.67. The molecule has 0 N–H and O–H groups in total. The molecule has 1 unspecified atom stereocenters. The van der Waals surface area contributed by atoms with Crippen molar-refractivity contribution in [3.8, 4) is 11.7 Å². The number of hydrogen-bond acceptors (Lipinski definition) is 6. The number of thioether (sulfide) groups is 1. The Morgan fingerprint density at radius 1 is 1.55 bits per heavy atom. The number of furan rings is 1. The summed E-state index contributed by atoms with van der Waals surface area (Å²) in [6, 6.07) is 3.60. The molecule has 0 saturated heterocycles. The monoisotopic (exact) mass is 295 g/mol. The molecule has 2 heterocycles. The maximum absolute atomic E-state index is 11.2. The van der Waals surface area contributed by atoms with Crippen LogP contribution >= 0.6 is 11.8 Å². The fourth-order valence-corrected chi connectivity index (χ4v) is 2.63. The number of rotatable bonds is 6. The molecule has 0 radical (unpaired) electrons. The molecule has 0 fully saturated rings. The molecule has 0 aromatic carbocycles. The van der Waals surface area contributed by atoms with Crippen LogP contribution in [0.5, 0.6) is 0 Å². The molecule has 0 aliphatic carbocycles. The zero-order valence-corrected chi connectivity index (χ0v) is 12.5. The van der Waals surface area contributed by atoms with Crippen LogP contribution in [0, 0.1) is 6.92 Å². The summed E-state index contributed by atoms with van der Waals surface area (Å²) < 4.78 is 15.5. The second kappa shape index (κ2) is 6.65. The van der Waals surface area contributed by atoms with Crippen molar-refractivity contribution in [1.29, 1.82) is 0 Å². The molecule has 2 rings (SSSR count). The first-order valence-electron chi connectivity index (χ1n) is 6.28. The van der Waals surface area contributed by atoms with Crippen molar-refractivity contribution in [3.63, 3.8) is 0 Å². The molecule has 0 amide bonds. The van der Waals surface area contributed by atoms with Crippen LogP contribution in [0.1, 0.15) is 24.8 Å². The maximum atomic E-state index is 11.2. The number of methoxy groups -OCH3 is 1. The molecule has 0 bridgehead atoms. The lowest BCUT2D eigenvalue weighted by Crippen LogP contribution is -2.08. The molecule has 1 atom stereocenters. The van der Waals surface area contributed by atoms with Crippen molar-refractivity contribution in [1.82, 2.24) is 4.98 Å². The average Bonchev–Trinajstić information content (AvgIpc) is 3.05. The molecule has 6 heteroatoms. The molecule has 0 aliphatic rings. The molecule has 20 heavy (non-hydrogen) atoms. The Kier molecular flexibility index (Phi) is 4.89. The van der Waals surface area contributed by atoms with Gasteiger partial charge in [0.05, 0.1) is 25.5 Å². The first kappa shape index (κ1) is 14.7. The van der Waals surface area contributed by atoms with Crippen molar-refractivity contribution in [2.45, 2.75) is 31.3 Å². The predicted octanol–water partition coefficient (Wildman–Crippen LogP) is 3.43. The van der Waals surface area contributed by atoms with Crippen LogP contribution in [-0.2, 0) is 15.3 Å². The lowest BCUT2D eigenvalue weighted by Gasteiger charge is -2.08. The van der Waals surface area contributed by atoms with Gasteiger partial charge in [-0.25, -0.2) is 4.98 Å². The summed E-state index contributed by atoms with van der Waals surface area (Å²) in [5, 5.41) is 0.172. The van der Waals surface area contributed by atoms with Crippen molar-refractivity contribution < 1.29 is 18.4 Å². The van der Waals surface area contributed by atoms with Crippen molar-refractivity contribution in [3.05, 3.63) is 29.9 Å². The summed E-state index contributed by atoms with van der Waals surface area (Å²) in [5.41, 5.74) is 0.873. The molecule has 2 aromatic rings. The van der Waals surface area contributed by atoms with Crippen molar-refractivity contribution >= 4 is 17.7 Å². The minimum absolute atomic E-state index is 0.172. The average molecular weight is 295 g/mol. The Bertz CT molecular complexity index is 562. The fraction of sp³-hybridized carbons (Fsp3) is 0.429. The van der Waals surface area contributed by atoms with Gasteiger partial charge in [-0.3, -0.25) is 4.79 Å². The second-order valence-corrected chi connectivity index (χ2v) is 5.83. The van der Waals surface area contributed by atoms with E-state index in [1.807, 2.05) is 19.9 Å². The normalized spacial score (nSPS) is 12.3. The highest BCUT2D eigenvalue weighted by atomic mass is 32.2. The van der Waals surface area contributed by atoms with E-state index in [1.54, 1.807) is 24.1 Å².